The fraction of sp³-hybridized carbons (Fsp3) is 0.600. The summed E-state index contributed by atoms with van der Waals surface area (Å²) < 4.78 is 1.64. The van der Waals surface area contributed by atoms with Gasteiger partial charge in [-0.05, 0) is 13.8 Å². The predicted octanol–water partition coefficient (Wildman–Crippen LogP) is 2.61. The van der Waals surface area contributed by atoms with Gasteiger partial charge in [0.15, 0.2) is 0 Å². The molecule has 2 rings (SSSR count). The van der Waals surface area contributed by atoms with Gasteiger partial charge in [0.2, 0.25) is 0 Å². The van der Waals surface area contributed by atoms with E-state index in [1.165, 1.54) is 6.33 Å². The number of carbonyl (C=O) groups is 1. The van der Waals surface area contributed by atoms with Crippen LogP contribution in [0.15, 0.2) is 6.33 Å². The van der Waals surface area contributed by atoms with E-state index in [0.29, 0.717) is 12.5 Å². The van der Waals surface area contributed by atoms with Crippen LogP contribution in [0.5, 0.6) is 0 Å². The van der Waals surface area contributed by atoms with Gasteiger partial charge in [0.25, 0.3) is 0 Å². The van der Waals surface area contributed by atoms with Gasteiger partial charge >= 0.3 is 6.03 Å². The average molecular weight is 336 g/mol. The van der Waals surface area contributed by atoms with Gasteiger partial charge in [-0.1, -0.05) is 13.8 Å². The zero-order valence-electron chi connectivity index (χ0n) is 14.5. The van der Waals surface area contributed by atoms with Gasteiger partial charge in [0, 0.05) is 24.9 Å². The molecule has 23 heavy (non-hydrogen) atoms. The number of aromatic nitrogens is 4. The van der Waals surface area contributed by atoms with E-state index in [1.807, 2.05) is 13.8 Å². The van der Waals surface area contributed by atoms with Crippen molar-refractivity contribution >= 4 is 17.4 Å². The lowest BCUT2D eigenvalue weighted by Crippen LogP contribution is -2.38. The summed E-state index contributed by atoms with van der Waals surface area (Å²) in [6.45, 7) is 8.63. The normalized spacial score (nSPS) is 12.5. The summed E-state index contributed by atoms with van der Waals surface area (Å²) in [6.07, 6.45) is 1.47. The number of urea groups is 1. The van der Waals surface area contributed by atoms with Crippen molar-refractivity contribution in [1.82, 2.24) is 30.0 Å². The first-order valence-electron chi connectivity index (χ1n) is 7.62. The second-order valence-corrected chi connectivity index (χ2v) is 6.96. The van der Waals surface area contributed by atoms with Crippen LogP contribution < -0.4 is 5.32 Å². The highest BCUT2D eigenvalue weighted by atomic mass is 32.1. The van der Waals surface area contributed by atoms with Crippen molar-refractivity contribution in [3.63, 3.8) is 0 Å². The summed E-state index contributed by atoms with van der Waals surface area (Å²) in [5.74, 6) is 1.12. The van der Waals surface area contributed by atoms with Crippen molar-refractivity contribution in [2.45, 2.75) is 46.2 Å². The standard InChI is InChI=1S/C15H24N6OS/c1-9(2)14-19-10(3)13(23-14)11(4)20(5)15(22)16-7-12-17-8-18-21(12)6/h8-9,11H,7H2,1-6H3,(H,16,22)/t11-/m0/s1. The lowest BCUT2D eigenvalue weighted by atomic mass is 10.2. The molecule has 0 spiro atoms. The Morgan fingerprint density at radius 2 is 2.13 bits per heavy atom. The highest BCUT2D eigenvalue weighted by Gasteiger charge is 2.22. The molecule has 2 aromatic rings. The molecule has 2 heterocycles. The molecule has 0 aliphatic rings. The molecule has 2 aromatic heterocycles. The number of amides is 2. The maximum atomic E-state index is 12.4. The second kappa shape index (κ2) is 7.08. The zero-order chi connectivity index (χ0) is 17.1. The zero-order valence-corrected chi connectivity index (χ0v) is 15.3. The highest BCUT2D eigenvalue weighted by molar-refractivity contribution is 7.11. The van der Waals surface area contributed by atoms with E-state index in [-0.39, 0.29) is 12.1 Å². The van der Waals surface area contributed by atoms with Gasteiger partial charge in [-0.15, -0.1) is 11.3 Å². The van der Waals surface area contributed by atoms with Gasteiger partial charge in [0.05, 0.1) is 23.3 Å². The average Bonchev–Trinajstić information content (AvgIpc) is 3.09. The van der Waals surface area contributed by atoms with Crippen LogP contribution in [0, 0.1) is 6.92 Å². The molecule has 2 amide bonds. The van der Waals surface area contributed by atoms with Crippen molar-refractivity contribution in [3.8, 4) is 0 Å². The summed E-state index contributed by atoms with van der Waals surface area (Å²) in [5, 5.41) is 7.97. The van der Waals surface area contributed by atoms with Gasteiger partial charge in [0.1, 0.15) is 12.2 Å². The molecule has 0 saturated heterocycles. The maximum absolute atomic E-state index is 12.4. The molecule has 0 fully saturated rings. The second-order valence-electron chi connectivity index (χ2n) is 5.90. The first-order valence-corrected chi connectivity index (χ1v) is 8.43. The Morgan fingerprint density at radius 3 is 2.65 bits per heavy atom. The Bertz CT molecular complexity index is 677. The molecular weight excluding hydrogens is 312 g/mol. The summed E-state index contributed by atoms with van der Waals surface area (Å²) in [6, 6.07) is -0.168. The molecule has 0 aliphatic carbocycles. The number of nitrogens with zero attached hydrogens (tertiary/aromatic N) is 5. The number of carbonyl (C=O) groups excluding carboxylic acids is 1. The summed E-state index contributed by atoms with van der Waals surface area (Å²) in [5.41, 5.74) is 0.999. The molecule has 0 bridgehead atoms. The maximum Gasteiger partial charge on any atom is 0.318 e. The quantitative estimate of drug-likeness (QED) is 0.910. The predicted molar refractivity (Wildman–Crippen MR) is 90.4 cm³/mol. The Balaban J connectivity index is 2.02. The lowest BCUT2D eigenvalue weighted by molar-refractivity contribution is 0.194. The van der Waals surface area contributed by atoms with Crippen LogP contribution in [-0.2, 0) is 13.6 Å². The number of thiazole rings is 1. The minimum absolute atomic E-state index is 0.0282. The number of hydrogen-bond donors (Lipinski definition) is 1. The molecular formula is C15H24N6OS. The monoisotopic (exact) mass is 336 g/mol. The largest absolute Gasteiger partial charge is 0.331 e. The van der Waals surface area contributed by atoms with Crippen molar-refractivity contribution in [1.29, 1.82) is 0 Å². The van der Waals surface area contributed by atoms with E-state index in [0.717, 1.165) is 21.4 Å². The summed E-state index contributed by atoms with van der Waals surface area (Å²) in [4.78, 5) is 23.9. The van der Waals surface area contributed by atoms with Crippen LogP contribution in [0.4, 0.5) is 4.79 Å². The first kappa shape index (κ1) is 17.4. The smallest absolute Gasteiger partial charge is 0.318 e. The van der Waals surface area contributed by atoms with E-state index in [4.69, 9.17) is 0 Å². The van der Waals surface area contributed by atoms with Crippen LogP contribution in [0.25, 0.3) is 0 Å². The fourth-order valence-electron chi connectivity index (χ4n) is 2.18. The van der Waals surface area contributed by atoms with Crippen molar-refractivity contribution in [3.05, 3.63) is 27.7 Å². The van der Waals surface area contributed by atoms with Gasteiger partial charge < -0.3 is 10.2 Å². The van der Waals surface area contributed by atoms with E-state index in [9.17, 15) is 4.79 Å². The molecule has 0 aliphatic heterocycles. The van der Waals surface area contributed by atoms with Gasteiger partial charge in [-0.25, -0.2) is 14.8 Å². The third-order valence-corrected chi connectivity index (χ3v) is 5.45. The molecule has 7 nitrogen and oxygen atoms in total. The molecule has 126 valence electrons. The van der Waals surface area contributed by atoms with Crippen LogP contribution in [0.2, 0.25) is 0 Å². The Hall–Kier alpha value is -1.96. The minimum atomic E-state index is -0.139. The Labute approximate surface area is 140 Å². The molecule has 0 aromatic carbocycles. The SMILES string of the molecule is Cc1nc(C(C)C)sc1[C@H](C)N(C)C(=O)NCc1ncnn1C. The molecule has 0 saturated carbocycles. The minimum Gasteiger partial charge on any atom is -0.331 e. The number of nitrogens with one attached hydrogen (secondary N) is 1. The van der Waals surface area contributed by atoms with E-state index >= 15 is 0 Å². The molecule has 0 radical (unpaired) electrons. The van der Waals surface area contributed by atoms with Gasteiger partial charge in [-0.3, -0.25) is 4.68 Å². The van der Waals surface area contributed by atoms with Crippen molar-refractivity contribution in [2.75, 3.05) is 7.05 Å². The molecule has 1 atom stereocenters. The van der Waals surface area contributed by atoms with Gasteiger partial charge in [-0.2, -0.15) is 5.10 Å². The topological polar surface area (TPSA) is 75.9 Å². The van der Waals surface area contributed by atoms with Crippen LogP contribution in [-0.4, -0.2) is 37.7 Å². The molecule has 0 unspecified atom stereocenters. The third-order valence-electron chi connectivity index (χ3n) is 3.83. The Morgan fingerprint density at radius 1 is 1.43 bits per heavy atom. The van der Waals surface area contributed by atoms with Crippen LogP contribution in [0.3, 0.4) is 0 Å². The fourth-order valence-corrected chi connectivity index (χ4v) is 3.34. The van der Waals surface area contributed by atoms with Crippen LogP contribution in [0.1, 0.15) is 54.1 Å². The number of aryl methyl sites for hydroxylation is 2. The molecule has 1 N–H and O–H groups in total. The number of hydrogen-bond acceptors (Lipinski definition) is 5. The highest BCUT2D eigenvalue weighted by Crippen LogP contribution is 2.31. The van der Waals surface area contributed by atoms with E-state index < -0.39 is 0 Å². The van der Waals surface area contributed by atoms with Crippen molar-refractivity contribution < 1.29 is 4.79 Å². The Kier molecular flexibility index (Phi) is 5.35. The third kappa shape index (κ3) is 3.87. The number of rotatable bonds is 5. The molecule has 8 heteroatoms. The van der Waals surface area contributed by atoms with E-state index in [2.05, 4.69) is 34.2 Å². The lowest BCUT2D eigenvalue weighted by Gasteiger charge is -2.24. The van der Waals surface area contributed by atoms with E-state index in [1.54, 1.807) is 35.0 Å². The van der Waals surface area contributed by atoms with Crippen molar-refractivity contribution in [2.24, 2.45) is 7.05 Å². The summed E-state index contributed by atoms with van der Waals surface area (Å²) >= 11 is 1.68. The van der Waals surface area contributed by atoms with Crippen LogP contribution >= 0.6 is 11.3 Å². The summed E-state index contributed by atoms with van der Waals surface area (Å²) in [7, 11) is 3.60. The first-order chi connectivity index (χ1) is 10.8.